The molecule has 0 radical (unpaired) electrons. The predicted octanol–water partition coefficient (Wildman–Crippen LogP) is 3.18. The third kappa shape index (κ3) is 3.49. The molecule has 7 nitrogen and oxygen atoms in total. The van der Waals surface area contributed by atoms with Crippen molar-refractivity contribution in [3.8, 4) is 0 Å². The number of carbonyl (C=O) groups excluding carboxylic acids is 1. The smallest absolute Gasteiger partial charge is 0.328 e. The zero-order chi connectivity index (χ0) is 19.7. The van der Waals surface area contributed by atoms with Crippen LogP contribution in [0.2, 0.25) is 0 Å². The fourth-order valence-corrected chi connectivity index (χ4v) is 3.53. The number of halogens is 1. The second-order valence-electron chi connectivity index (χ2n) is 7.20. The van der Waals surface area contributed by atoms with Crippen LogP contribution in [0.25, 0.3) is 10.9 Å². The molecule has 0 bridgehead atoms. The number of rotatable bonds is 3. The lowest BCUT2D eigenvalue weighted by Gasteiger charge is -2.36. The van der Waals surface area contributed by atoms with Gasteiger partial charge in [-0.15, -0.1) is 0 Å². The molecule has 0 unspecified atom stereocenters. The van der Waals surface area contributed by atoms with Gasteiger partial charge in [0, 0.05) is 43.8 Å². The summed E-state index contributed by atoms with van der Waals surface area (Å²) >= 11 is 0. The highest BCUT2D eigenvalue weighted by molar-refractivity contribution is 5.91. The summed E-state index contributed by atoms with van der Waals surface area (Å²) in [5.74, 6) is 0.555. The Morgan fingerprint density at radius 1 is 1.18 bits per heavy atom. The first-order valence-corrected chi connectivity index (χ1v) is 9.40. The molecule has 1 saturated heterocycles. The predicted molar refractivity (Wildman–Crippen MR) is 107 cm³/mol. The zero-order valence-corrected chi connectivity index (χ0v) is 16.0. The molecule has 1 aromatic carbocycles. The SMILES string of the molecule is CC(C)Nc1cncnc1N1CCN(C(=O)n2ccc3cc(F)ccc32)CC1. The topological polar surface area (TPSA) is 66.3 Å². The highest BCUT2D eigenvalue weighted by Crippen LogP contribution is 2.24. The molecule has 146 valence electrons. The maximum Gasteiger partial charge on any atom is 0.328 e. The average Bonchev–Trinajstić information content (AvgIpc) is 3.10. The van der Waals surface area contributed by atoms with Gasteiger partial charge in [0.15, 0.2) is 5.82 Å². The van der Waals surface area contributed by atoms with Crippen LogP contribution >= 0.6 is 0 Å². The van der Waals surface area contributed by atoms with E-state index in [4.69, 9.17) is 0 Å². The molecule has 1 fully saturated rings. The van der Waals surface area contributed by atoms with Gasteiger partial charge in [0.2, 0.25) is 0 Å². The number of aromatic nitrogens is 3. The number of hydrogen-bond acceptors (Lipinski definition) is 5. The van der Waals surface area contributed by atoms with Gasteiger partial charge in [-0.05, 0) is 38.1 Å². The number of piperazine rings is 1. The number of nitrogens with zero attached hydrogens (tertiary/aromatic N) is 5. The zero-order valence-electron chi connectivity index (χ0n) is 16.0. The molecule has 0 atom stereocenters. The fourth-order valence-electron chi connectivity index (χ4n) is 3.53. The van der Waals surface area contributed by atoms with Gasteiger partial charge in [0.25, 0.3) is 0 Å². The Bertz CT molecular complexity index is 993. The third-order valence-corrected chi connectivity index (χ3v) is 4.84. The summed E-state index contributed by atoms with van der Waals surface area (Å²) in [6.07, 6.45) is 5.03. The van der Waals surface area contributed by atoms with Crippen molar-refractivity contribution in [1.29, 1.82) is 0 Å². The minimum absolute atomic E-state index is 0.0931. The summed E-state index contributed by atoms with van der Waals surface area (Å²) in [6.45, 7) is 6.68. The van der Waals surface area contributed by atoms with Crippen LogP contribution in [0.3, 0.4) is 0 Å². The largest absolute Gasteiger partial charge is 0.379 e. The second kappa shape index (κ2) is 7.46. The van der Waals surface area contributed by atoms with Gasteiger partial charge in [-0.25, -0.2) is 19.2 Å². The number of fused-ring (bicyclic) bond motifs is 1. The van der Waals surface area contributed by atoms with E-state index in [-0.39, 0.29) is 17.9 Å². The monoisotopic (exact) mass is 382 g/mol. The third-order valence-electron chi connectivity index (χ3n) is 4.84. The van der Waals surface area contributed by atoms with Crippen LogP contribution in [0.4, 0.5) is 20.7 Å². The number of carbonyl (C=O) groups is 1. The Morgan fingerprint density at radius 2 is 1.96 bits per heavy atom. The Balaban J connectivity index is 1.48. The van der Waals surface area contributed by atoms with Crippen molar-refractivity contribution in [3.63, 3.8) is 0 Å². The second-order valence-corrected chi connectivity index (χ2v) is 7.20. The molecule has 0 aliphatic carbocycles. The van der Waals surface area contributed by atoms with Crippen LogP contribution in [-0.2, 0) is 0 Å². The highest BCUT2D eigenvalue weighted by Gasteiger charge is 2.25. The Hall–Kier alpha value is -3.16. The molecule has 28 heavy (non-hydrogen) atoms. The molecule has 4 rings (SSSR count). The van der Waals surface area contributed by atoms with E-state index in [2.05, 4.69) is 34.0 Å². The van der Waals surface area contributed by atoms with Gasteiger partial charge < -0.3 is 15.1 Å². The van der Waals surface area contributed by atoms with Crippen LogP contribution < -0.4 is 10.2 Å². The molecule has 3 heterocycles. The first-order chi connectivity index (χ1) is 13.5. The van der Waals surface area contributed by atoms with E-state index in [0.717, 1.165) is 16.9 Å². The maximum atomic E-state index is 13.4. The Kier molecular flexibility index (Phi) is 4.85. The first-order valence-electron chi connectivity index (χ1n) is 9.40. The molecule has 0 saturated carbocycles. The van der Waals surface area contributed by atoms with Crippen molar-refractivity contribution in [1.82, 2.24) is 19.4 Å². The highest BCUT2D eigenvalue weighted by atomic mass is 19.1. The van der Waals surface area contributed by atoms with E-state index in [1.165, 1.54) is 12.1 Å². The molecule has 1 aliphatic rings. The van der Waals surface area contributed by atoms with Crippen LogP contribution in [0, 0.1) is 5.82 Å². The number of hydrogen-bond donors (Lipinski definition) is 1. The normalized spacial score (nSPS) is 14.7. The van der Waals surface area contributed by atoms with Crippen LogP contribution in [-0.4, -0.2) is 57.7 Å². The summed E-state index contributed by atoms with van der Waals surface area (Å²) in [6, 6.07) is 6.41. The summed E-state index contributed by atoms with van der Waals surface area (Å²) in [4.78, 5) is 25.5. The van der Waals surface area contributed by atoms with Crippen molar-refractivity contribution in [2.45, 2.75) is 19.9 Å². The average molecular weight is 382 g/mol. The molecule has 1 aliphatic heterocycles. The van der Waals surface area contributed by atoms with Crippen LogP contribution in [0.15, 0.2) is 43.0 Å². The van der Waals surface area contributed by atoms with E-state index in [9.17, 15) is 9.18 Å². The lowest BCUT2D eigenvalue weighted by molar-refractivity contribution is 0.197. The van der Waals surface area contributed by atoms with Gasteiger partial charge in [-0.1, -0.05) is 0 Å². The van der Waals surface area contributed by atoms with E-state index in [1.807, 2.05) is 4.90 Å². The van der Waals surface area contributed by atoms with Gasteiger partial charge in [-0.2, -0.15) is 0 Å². The van der Waals surface area contributed by atoms with Crippen LogP contribution in [0.1, 0.15) is 13.8 Å². The lowest BCUT2D eigenvalue weighted by atomic mass is 10.2. The minimum Gasteiger partial charge on any atom is -0.379 e. The van der Waals surface area contributed by atoms with E-state index >= 15 is 0 Å². The van der Waals surface area contributed by atoms with Gasteiger partial charge in [0.05, 0.1) is 17.4 Å². The summed E-state index contributed by atoms with van der Waals surface area (Å²) in [5.41, 5.74) is 1.61. The van der Waals surface area contributed by atoms with Crippen molar-refractivity contribution >= 4 is 28.4 Å². The quantitative estimate of drug-likeness (QED) is 0.754. The number of anilines is 2. The number of amides is 1. The molecular formula is C20H23FN6O. The van der Waals surface area contributed by atoms with E-state index in [1.54, 1.807) is 35.4 Å². The van der Waals surface area contributed by atoms with Gasteiger partial charge >= 0.3 is 6.03 Å². The maximum absolute atomic E-state index is 13.4. The van der Waals surface area contributed by atoms with Crippen molar-refractivity contribution in [2.75, 3.05) is 36.4 Å². The molecule has 8 heteroatoms. The molecule has 1 N–H and O–H groups in total. The number of benzene rings is 1. The van der Waals surface area contributed by atoms with E-state index < -0.39 is 0 Å². The summed E-state index contributed by atoms with van der Waals surface area (Å²) in [5, 5.41) is 4.09. The Labute approximate surface area is 162 Å². The van der Waals surface area contributed by atoms with Gasteiger partial charge in [0.1, 0.15) is 12.1 Å². The van der Waals surface area contributed by atoms with Crippen molar-refractivity contribution in [2.24, 2.45) is 0 Å². The molecule has 1 amide bonds. The van der Waals surface area contributed by atoms with Crippen molar-refractivity contribution in [3.05, 3.63) is 48.8 Å². The minimum atomic E-state index is -0.304. The van der Waals surface area contributed by atoms with Crippen molar-refractivity contribution < 1.29 is 9.18 Å². The van der Waals surface area contributed by atoms with E-state index in [0.29, 0.717) is 31.7 Å². The molecular weight excluding hydrogens is 359 g/mol. The molecule has 0 spiro atoms. The summed E-state index contributed by atoms with van der Waals surface area (Å²) in [7, 11) is 0. The summed E-state index contributed by atoms with van der Waals surface area (Å²) < 4.78 is 15.0. The standard InChI is InChI=1S/C20H23FN6O/c1-14(2)24-17-12-22-13-23-19(17)25-7-9-26(10-8-25)20(28)27-6-5-15-11-16(21)3-4-18(15)27/h3-6,11-14,24H,7-10H2,1-2H3. The molecule has 3 aromatic rings. The lowest BCUT2D eigenvalue weighted by Crippen LogP contribution is -2.50. The Morgan fingerprint density at radius 3 is 2.71 bits per heavy atom. The molecule has 2 aromatic heterocycles. The van der Waals surface area contributed by atoms with Crippen LogP contribution in [0.5, 0.6) is 0 Å². The fraction of sp³-hybridized carbons (Fsp3) is 0.350. The van der Waals surface area contributed by atoms with Gasteiger partial charge in [-0.3, -0.25) is 4.57 Å². The number of nitrogens with one attached hydrogen (secondary N) is 1. The first kappa shape index (κ1) is 18.2.